The fraction of sp³-hybridized carbons (Fsp3) is 1.00. The number of aliphatic hydroxyl groups excluding tert-OH is 1. The van der Waals surface area contributed by atoms with Crippen molar-refractivity contribution in [2.24, 2.45) is 0 Å². The van der Waals surface area contributed by atoms with E-state index in [1.807, 2.05) is 0 Å². The third-order valence-electron chi connectivity index (χ3n) is 4.64. The summed E-state index contributed by atoms with van der Waals surface area (Å²) in [5, 5.41) is 9.86. The summed E-state index contributed by atoms with van der Waals surface area (Å²) in [5.41, 5.74) is 0. The van der Waals surface area contributed by atoms with Crippen LogP contribution >= 0.6 is 22.6 Å². The third-order valence-corrected chi connectivity index (χ3v) is 5.66. The Morgan fingerprint density at radius 3 is 1.73 bits per heavy atom. The van der Waals surface area contributed by atoms with Gasteiger partial charge >= 0.3 is 0 Å². The maximum absolute atomic E-state index is 9.86. The van der Waals surface area contributed by atoms with E-state index in [1.54, 1.807) is 0 Å². The molecule has 0 saturated carbocycles. The number of quaternary nitrogens is 1. The molecule has 0 aromatic carbocycles. The van der Waals surface area contributed by atoms with E-state index in [9.17, 15) is 5.11 Å². The molecule has 2 atom stereocenters. The Morgan fingerprint density at radius 1 is 0.864 bits per heavy atom. The van der Waals surface area contributed by atoms with Gasteiger partial charge in [-0.25, -0.2) is 0 Å². The zero-order chi connectivity index (χ0) is 16.0. The van der Waals surface area contributed by atoms with Crippen molar-refractivity contribution in [3.05, 3.63) is 0 Å². The van der Waals surface area contributed by atoms with Crippen molar-refractivity contribution in [2.45, 2.75) is 84.2 Å². The smallest absolute Gasteiger partial charge is 0.112 e. The summed E-state index contributed by atoms with van der Waals surface area (Å²) in [6.07, 6.45) is 13.8. The molecule has 0 saturated heterocycles. The van der Waals surface area contributed by atoms with Crippen LogP contribution in [-0.2, 0) is 0 Å². The molecule has 1 N–H and O–H groups in total. The van der Waals surface area contributed by atoms with Gasteiger partial charge in [0.25, 0.3) is 0 Å². The van der Waals surface area contributed by atoms with E-state index in [0.717, 1.165) is 22.0 Å². The first-order valence-electron chi connectivity index (χ1n) is 9.15. The molecule has 0 radical (unpaired) electrons. The zero-order valence-electron chi connectivity index (χ0n) is 15.1. The van der Waals surface area contributed by atoms with Crippen LogP contribution in [0.5, 0.6) is 0 Å². The lowest BCUT2D eigenvalue weighted by atomic mass is 10.1. The fourth-order valence-electron chi connectivity index (χ4n) is 2.92. The van der Waals surface area contributed by atoms with E-state index in [1.165, 1.54) is 70.8 Å². The van der Waals surface area contributed by atoms with Gasteiger partial charge in [0, 0.05) is 4.43 Å². The van der Waals surface area contributed by atoms with Crippen LogP contribution < -0.4 is 24.0 Å². The number of rotatable bonds is 15. The van der Waals surface area contributed by atoms with Crippen LogP contribution in [-0.4, -0.2) is 46.8 Å². The fourth-order valence-corrected chi connectivity index (χ4v) is 3.20. The van der Waals surface area contributed by atoms with Crippen molar-refractivity contribution < 1.29 is 33.6 Å². The van der Waals surface area contributed by atoms with Crippen LogP contribution in [0.15, 0.2) is 0 Å². The molecule has 0 spiro atoms. The molecule has 136 valence electrons. The average molecular weight is 539 g/mol. The SMILES string of the molecule is CCCCCCCCCCCC[N+](C)(CC)CC(O)CI.[I-]. The normalized spacial score (nSPS) is 15.1. The van der Waals surface area contributed by atoms with E-state index >= 15 is 0 Å². The van der Waals surface area contributed by atoms with Crippen LogP contribution in [0.1, 0.15) is 78.1 Å². The second kappa shape index (κ2) is 17.2. The average Bonchev–Trinajstić information content (AvgIpc) is 2.49. The van der Waals surface area contributed by atoms with Gasteiger partial charge in [-0.15, -0.1) is 0 Å². The molecule has 2 unspecified atom stereocenters. The highest BCUT2D eigenvalue weighted by Crippen LogP contribution is 2.13. The quantitative estimate of drug-likeness (QED) is 0.147. The molecule has 0 aromatic rings. The summed E-state index contributed by atoms with van der Waals surface area (Å²) in [7, 11) is 2.29. The van der Waals surface area contributed by atoms with E-state index in [-0.39, 0.29) is 30.1 Å². The molecular formula is C18H39I2NO. The lowest BCUT2D eigenvalue weighted by Crippen LogP contribution is -3.00. The lowest BCUT2D eigenvalue weighted by Gasteiger charge is -2.35. The van der Waals surface area contributed by atoms with Gasteiger partial charge in [0.1, 0.15) is 12.6 Å². The molecule has 0 fully saturated rings. The van der Waals surface area contributed by atoms with Crippen LogP contribution in [0.25, 0.3) is 0 Å². The molecule has 0 rings (SSSR count). The zero-order valence-corrected chi connectivity index (χ0v) is 19.4. The summed E-state index contributed by atoms with van der Waals surface area (Å²) in [5.74, 6) is 0. The first-order valence-corrected chi connectivity index (χ1v) is 10.7. The Balaban J connectivity index is 0. The van der Waals surface area contributed by atoms with Crippen molar-refractivity contribution >= 4 is 22.6 Å². The predicted molar refractivity (Wildman–Crippen MR) is 103 cm³/mol. The van der Waals surface area contributed by atoms with Crippen molar-refractivity contribution in [1.29, 1.82) is 0 Å². The summed E-state index contributed by atoms with van der Waals surface area (Å²) < 4.78 is 1.88. The minimum atomic E-state index is -0.140. The second-order valence-electron chi connectivity index (χ2n) is 6.83. The van der Waals surface area contributed by atoms with Crippen LogP contribution in [0.4, 0.5) is 0 Å². The second-order valence-corrected chi connectivity index (χ2v) is 7.71. The highest BCUT2D eigenvalue weighted by atomic mass is 127. The number of unbranched alkanes of at least 4 members (excludes halogenated alkanes) is 9. The van der Waals surface area contributed by atoms with Crippen molar-refractivity contribution in [1.82, 2.24) is 0 Å². The summed E-state index contributed by atoms with van der Waals surface area (Å²) in [6, 6.07) is 0. The van der Waals surface area contributed by atoms with E-state index in [2.05, 4.69) is 43.5 Å². The van der Waals surface area contributed by atoms with Gasteiger partial charge in [-0.2, -0.15) is 0 Å². The topological polar surface area (TPSA) is 20.2 Å². The van der Waals surface area contributed by atoms with Gasteiger partial charge in [0.2, 0.25) is 0 Å². The Morgan fingerprint density at radius 2 is 1.32 bits per heavy atom. The first-order chi connectivity index (χ1) is 10.1. The largest absolute Gasteiger partial charge is 1.00 e. The number of alkyl halides is 1. The van der Waals surface area contributed by atoms with E-state index < -0.39 is 0 Å². The molecule has 0 aliphatic heterocycles. The number of aliphatic hydroxyl groups is 1. The number of hydrogen-bond acceptors (Lipinski definition) is 1. The molecule has 2 nitrogen and oxygen atoms in total. The van der Waals surface area contributed by atoms with Crippen LogP contribution in [0.2, 0.25) is 0 Å². The maximum Gasteiger partial charge on any atom is 0.112 e. The maximum atomic E-state index is 9.86. The number of hydrogen-bond donors (Lipinski definition) is 1. The van der Waals surface area contributed by atoms with E-state index in [4.69, 9.17) is 0 Å². The van der Waals surface area contributed by atoms with Crippen molar-refractivity contribution in [3.63, 3.8) is 0 Å². The third kappa shape index (κ3) is 14.9. The highest BCUT2D eigenvalue weighted by molar-refractivity contribution is 14.1. The molecule has 0 aliphatic carbocycles. The van der Waals surface area contributed by atoms with Gasteiger partial charge in [0.15, 0.2) is 0 Å². The Hall–Kier alpha value is 1.38. The molecule has 0 aromatic heterocycles. The van der Waals surface area contributed by atoms with Gasteiger partial charge in [-0.1, -0.05) is 80.9 Å². The number of nitrogens with zero attached hydrogens (tertiary/aromatic N) is 1. The van der Waals surface area contributed by atoms with Gasteiger partial charge in [-0.3, -0.25) is 0 Å². The molecule has 4 heteroatoms. The van der Waals surface area contributed by atoms with Gasteiger partial charge in [-0.05, 0) is 19.8 Å². The monoisotopic (exact) mass is 539 g/mol. The molecule has 0 amide bonds. The number of halogens is 2. The van der Waals surface area contributed by atoms with Crippen LogP contribution in [0.3, 0.4) is 0 Å². The molecular weight excluding hydrogens is 500 g/mol. The van der Waals surface area contributed by atoms with Gasteiger partial charge < -0.3 is 33.6 Å². The minimum absolute atomic E-state index is 0. The summed E-state index contributed by atoms with van der Waals surface area (Å²) in [4.78, 5) is 0. The Bertz CT molecular complexity index is 229. The molecule has 22 heavy (non-hydrogen) atoms. The Labute approximate surface area is 170 Å². The molecule has 0 bridgehead atoms. The Kier molecular flexibility index (Phi) is 20.0. The van der Waals surface area contributed by atoms with Crippen molar-refractivity contribution in [3.8, 4) is 0 Å². The highest BCUT2D eigenvalue weighted by Gasteiger charge is 2.22. The number of likely N-dealkylation sites (N-methyl/N-ethyl adjacent to an activating group) is 1. The van der Waals surface area contributed by atoms with Crippen molar-refractivity contribution in [2.75, 3.05) is 31.1 Å². The standard InChI is InChI=1S/C18H39INO.HI/c1-4-6-7-8-9-10-11-12-13-14-15-20(3,5-2)17-18(21)16-19;/h18,21H,4-17H2,1-3H3;1H/q+1;/p-1. The van der Waals surface area contributed by atoms with Crippen LogP contribution in [0, 0.1) is 0 Å². The summed E-state index contributed by atoms with van der Waals surface area (Å²) >= 11 is 2.28. The predicted octanol–water partition coefficient (Wildman–Crippen LogP) is 2.17. The first kappa shape index (κ1) is 25.6. The molecule has 0 aliphatic rings. The van der Waals surface area contributed by atoms with Gasteiger partial charge in [0.05, 0.1) is 20.1 Å². The lowest BCUT2D eigenvalue weighted by molar-refractivity contribution is -0.910. The van der Waals surface area contributed by atoms with E-state index in [0.29, 0.717) is 0 Å². The molecule has 0 heterocycles. The minimum Gasteiger partial charge on any atom is -1.00 e. The summed E-state index contributed by atoms with van der Waals surface area (Å²) in [6.45, 7) is 7.79.